The highest BCUT2D eigenvalue weighted by atomic mass is 32.2. The summed E-state index contributed by atoms with van der Waals surface area (Å²) >= 11 is 1.34. The van der Waals surface area contributed by atoms with Crippen molar-refractivity contribution in [2.24, 2.45) is 0 Å². The van der Waals surface area contributed by atoms with Gasteiger partial charge in [0.05, 0.1) is 25.4 Å². The maximum Gasteiger partial charge on any atom is 0.261 e. The predicted octanol–water partition coefficient (Wildman–Crippen LogP) is 1.96. The second kappa shape index (κ2) is 9.02. The third kappa shape index (κ3) is 5.45. The van der Waals surface area contributed by atoms with E-state index < -0.39 is 10.0 Å². The lowest BCUT2D eigenvalue weighted by Gasteiger charge is -2.21. The molecule has 26 heavy (non-hydrogen) atoms. The van der Waals surface area contributed by atoms with Crippen LogP contribution in [0.2, 0.25) is 0 Å². The number of hydrogen-bond donors (Lipinski definition) is 1. The van der Waals surface area contributed by atoms with Gasteiger partial charge in [0.2, 0.25) is 10.0 Å². The van der Waals surface area contributed by atoms with Crippen molar-refractivity contribution in [3.05, 3.63) is 46.2 Å². The molecule has 1 amide bonds. The van der Waals surface area contributed by atoms with Crippen molar-refractivity contribution in [1.82, 2.24) is 9.62 Å². The van der Waals surface area contributed by atoms with Crippen LogP contribution in [-0.4, -0.2) is 52.2 Å². The summed E-state index contributed by atoms with van der Waals surface area (Å²) in [5, 5.41) is 4.55. The van der Waals surface area contributed by atoms with Gasteiger partial charge >= 0.3 is 0 Å². The van der Waals surface area contributed by atoms with E-state index in [9.17, 15) is 13.2 Å². The summed E-state index contributed by atoms with van der Waals surface area (Å²) in [6.45, 7) is 0.565. The number of amides is 1. The Morgan fingerprint density at radius 1 is 1.19 bits per heavy atom. The van der Waals surface area contributed by atoms with Crippen molar-refractivity contribution < 1.29 is 22.7 Å². The van der Waals surface area contributed by atoms with Crippen LogP contribution in [0.3, 0.4) is 0 Å². The van der Waals surface area contributed by atoms with Gasteiger partial charge in [-0.2, -0.15) is 4.31 Å². The molecular formula is C17H22N2O5S2. The van der Waals surface area contributed by atoms with Gasteiger partial charge in [-0.05, 0) is 29.1 Å². The maximum absolute atomic E-state index is 12.1. The standard InChI is InChI=1S/C17H22N2O5S2/c1-23-14-7-6-13(11-15(14)24-2)12-19(26(3,21)22)9-8-18-17(20)16-5-4-10-25-16/h4-7,10-11H,8-9,12H2,1-3H3,(H,18,20). The first-order valence-corrected chi connectivity index (χ1v) is 10.6. The van der Waals surface area contributed by atoms with Gasteiger partial charge in [0, 0.05) is 19.6 Å². The van der Waals surface area contributed by atoms with Gasteiger partial charge in [0.15, 0.2) is 11.5 Å². The maximum atomic E-state index is 12.1. The largest absolute Gasteiger partial charge is 0.493 e. The zero-order chi connectivity index (χ0) is 19.2. The smallest absolute Gasteiger partial charge is 0.261 e. The molecule has 0 bridgehead atoms. The fraction of sp³-hybridized carbons (Fsp3) is 0.353. The van der Waals surface area contributed by atoms with E-state index in [1.807, 2.05) is 5.38 Å². The van der Waals surface area contributed by atoms with E-state index in [2.05, 4.69) is 5.32 Å². The number of nitrogens with one attached hydrogen (secondary N) is 1. The van der Waals surface area contributed by atoms with E-state index in [1.54, 1.807) is 30.3 Å². The molecule has 0 aliphatic rings. The van der Waals surface area contributed by atoms with Gasteiger partial charge in [0.25, 0.3) is 5.91 Å². The Balaban J connectivity index is 2.03. The van der Waals surface area contributed by atoms with Gasteiger partial charge in [-0.1, -0.05) is 12.1 Å². The van der Waals surface area contributed by atoms with Crippen LogP contribution in [0.5, 0.6) is 11.5 Å². The minimum Gasteiger partial charge on any atom is -0.493 e. The molecular weight excluding hydrogens is 376 g/mol. The van der Waals surface area contributed by atoms with Crippen molar-refractivity contribution >= 4 is 27.3 Å². The van der Waals surface area contributed by atoms with Gasteiger partial charge in [-0.3, -0.25) is 4.79 Å². The molecule has 0 saturated carbocycles. The Morgan fingerprint density at radius 3 is 2.50 bits per heavy atom. The first-order chi connectivity index (χ1) is 12.3. The van der Waals surface area contributed by atoms with Gasteiger partial charge in [0.1, 0.15) is 0 Å². The monoisotopic (exact) mass is 398 g/mol. The predicted molar refractivity (Wildman–Crippen MR) is 101 cm³/mol. The Morgan fingerprint density at radius 2 is 1.92 bits per heavy atom. The second-order valence-corrected chi connectivity index (χ2v) is 8.45. The van der Waals surface area contributed by atoms with Crippen LogP contribution in [0.1, 0.15) is 15.2 Å². The molecule has 0 saturated heterocycles. The molecule has 0 aliphatic carbocycles. The molecule has 0 atom stereocenters. The molecule has 1 heterocycles. The van der Waals surface area contributed by atoms with Crippen molar-refractivity contribution in [2.45, 2.75) is 6.54 Å². The minimum atomic E-state index is -3.44. The second-order valence-electron chi connectivity index (χ2n) is 5.52. The van der Waals surface area contributed by atoms with Gasteiger partial charge < -0.3 is 14.8 Å². The quantitative estimate of drug-likeness (QED) is 0.698. The Labute approximate surface area is 157 Å². The summed E-state index contributed by atoms with van der Waals surface area (Å²) in [7, 11) is -0.375. The van der Waals surface area contributed by atoms with Crippen LogP contribution in [0, 0.1) is 0 Å². The Bertz CT molecular complexity index is 835. The molecule has 0 radical (unpaired) electrons. The summed E-state index contributed by atoms with van der Waals surface area (Å²) in [6.07, 6.45) is 1.15. The van der Waals surface area contributed by atoms with Crippen molar-refractivity contribution in [1.29, 1.82) is 0 Å². The first kappa shape index (κ1) is 20.2. The lowest BCUT2D eigenvalue weighted by atomic mass is 10.2. The lowest BCUT2D eigenvalue weighted by molar-refractivity contribution is 0.0955. The molecule has 0 fully saturated rings. The van der Waals surface area contributed by atoms with Crippen LogP contribution in [0.15, 0.2) is 35.7 Å². The van der Waals surface area contributed by atoms with E-state index in [1.165, 1.54) is 29.9 Å². The number of thiophene rings is 1. The number of hydrogen-bond acceptors (Lipinski definition) is 6. The van der Waals surface area contributed by atoms with Gasteiger partial charge in [-0.25, -0.2) is 8.42 Å². The summed E-state index contributed by atoms with van der Waals surface area (Å²) < 4.78 is 35.9. The van der Waals surface area contributed by atoms with E-state index >= 15 is 0 Å². The fourth-order valence-electron chi connectivity index (χ4n) is 2.33. The molecule has 9 heteroatoms. The molecule has 0 spiro atoms. The van der Waals surface area contributed by atoms with Crippen molar-refractivity contribution in [3.8, 4) is 11.5 Å². The summed E-state index contributed by atoms with van der Waals surface area (Å²) in [5.74, 6) is 0.898. The molecule has 142 valence electrons. The number of carbonyl (C=O) groups excluding carboxylic acids is 1. The molecule has 2 aromatic rings. The zero-order valence-corrected chi connectivity index (χ0v) is 16.5. The molecule has 1 aromatic carbocycles. The highest BCUT2D eigenvalue weighted by molar-refractivity contribution is 7.88. The van der Waals surface area contributed by atoms with Crippen LogP contribution in [-0.2, 0) is 16.6 Å². The van der Waals surface area contributed by atoms with Crippen LogP contribution < -0.4 is 14.8 Å². The van der Waals surface area contributed by atoms with Crippen molar-refractivity contribution in [2.75, 3.05) is 33.6 Å². The van der Waals surface area contributed by atoms with Gasteiger partial charge in [-0.15, -0.1) is 11.3 Å². The van der Waals surface area contributed by atoms with Crippen LogP contribution >= 0.6 is 11.3 Å². The normalized spacial score (nSPS) is 11.4. The third-order valence-corrected chi connectivity index (χ3v) is 5.79. The Hall–Kier alpha value is -2.10. The average molecular weight is 399 g/mol. The van der Waals surface area contributed by atoms with E-state index in [0.717, 1.165) is 11.8 Å². The SMILES string of the molecule is COc1ccc(CN(CCNC(=O)c2cccs2)S(C)(=O)=O)cc1OC. The topological polar surface area (TPSA) is 84.9 Å². The molecule has 7 nitrogen and oxygen atoms in total. The fourth-order valence-corrected chi connectivity index (χ4v) is 3.78. The molecule has 0 aliphatic heterocycles. The number of benzene rings is 1. The molecule has 1 N–H and O–H groups in total. The number of carbonyl (C=O) groups is 1. The molecule has 2 rings (SSSR count). The number of nitrogens with zero attached hydrogens (tertiary/aromatic N) is 1. The number of methoxy groups -OCH3 is 2. The first-order valence-electron chi connectivity index (χ1n) is 7.83. The summed E-state index contributed by atoms with van der Waals surface area (Å²) in [6, 6.07) is 8.76. The van der Waals surface area contributed by atoms with Crippen molar-refractivity contribution in [3.63, 3.8) is 0 Å². The third-order valence-electron chi connectivity index (χ3n) is 3.67. The van der Waals surface area contributed by atoms with E-state index in [4.69, 9.17) is 9.47 Å². The molecule has 1 aromatic heterocycles. The summed E-state index contributed by atoms with van der Waals surface area (Å²) in [4.78, 5) is 12.5. The van der Waals surface area contributed by atoms with E-state index in [0.29, 0.717) is 16.4 Å². The highest BCUT2D eigenvalue weighted by Crippen LogP contribution is 2.28. The average Bonchev–Trinajstić information content (AvgIpc) is 3.14. The number of rotatable bonds is 9. The number of ether oxygens (including phenoxy) is 2. The Kier molecular flexibility index (Phi) is 7.01. The lowest BCUT2D eigenvalue weighted by Crippen LogP contribution is -2.37. The van der Waals surface area contributed by atoms with Crippen LogP contribution in [0.25, 0.3) is 0 Å². The minimum absolute atomic E-state index is 0.171. The van der Waals surface area contributed by atoms with E-state index in [-0.39, 0.29) is 25.5 Å². The molecule has 0 unspecified atom stereocenters. The zero-order valence-electron chi connectivity index (χ0n) is 14.9. The number of sulfonamides is 1. The van der Waals surface area contributed by atoms with Crippen LogP contribution in [0.4, 0.5) is 0 Å². The summed E-state index contributed by atoms with van der Waals surface area (Å²) in [5.41, 5.74) is 0.762. The highest BCUT2D eigenvalue weighted by Gasteiger charge is 2.18.